The maximum absolute atomic E-state index is 10.8. The number of β-amino-alcohol motifs (C(OH)–C–C–N with tert-alkyl or cyclic N) is 2. The molecule has 0 saturated carbocycles. The van der Waals surface area contributed by atoms with E-state index in [2.05, 4.69) is 41.3 Å². The van der Waals surface area contributed by atoms with Gasteiger partial charge in [-0.05, 0) is 42.9 Å². The summed E-state index contributed by atoms with van der Waals surface area (Å²) in [5.74, 6) is 0.407. The summed E-state index contributed by atoms with van der Waals surface area (Å²) in [6, 6.07) is 20.6. The van der Waals surface area contributed by atoms with Gasteiger partial charge in [0.25, 0.3) is 0 Å². The minimum Gasteiger partial charge on any atom is -0.392 e. The normalized spacial score (nSPS) is 24.7. The second kappa shape index (κ2) is 11.6. The van der Waals surface area contributed by atoms with Gasteiger partial charge in [-0.2, -0.15) is 0 Å². The smallest absolute Gasteiger partial charge is 0.108 e. The number of allylic oxidation sites excluding steroid dienone is 3. The Labute approximate surface area is 191 Å². The number of piperidine rings is 1. The van der Waals surface area contributed by atoms with Crippen LogP contribution >= 0.6 is 0 Å². The van der Waals surface area contributed by atoms with Gasteiger partial charge in [0.05, 0.1) is 12.2 Å². The largest absolute Gasteiger partial charge is 0.392 e. The van der Waals surface area contributed by atoms with Crippen LogP contribution in [0.5, 0.6) is 0 Å². The number of aliphatic hydroxyl groups excluding tert-OH is 2. The molecule has 1 saturated heterocycles. The van der Waals surface area contributed by atoms with Crippen LogP contribution in [0.1, 0.15) is 36.5 Å². The average Bonchev–Trinajstić information content (AvgIpc) is 2.84. The molecule has 1 heterocycles. The van der Waals surface area contributed by atoms with Crippen molar-refractivity contribution < 1.29 is 14.9 Å². The number of ether oxygens (including phenoxy) is 1. The standard InChI is InChI=1S/C28H35NO3/c30-26(22-10-4-1-5-11-22)20-29-18-16-23(27(31)21-29)17-19-32-28(24-12-6-2-7-13-24)25-14-8-3-9-15-25/h1-10,12-15,22-23,26-28,30-31H,11,16-21H2/t22?,23-,26+,27?/m0/s1. The van der Waals surface area contributed by atoms with Crippen LogP contribution in [0.3, 0.4) is 0 Å². The van der Waals surface area contributed by atoms with Gasteiger partial charge in [-0.15, -0.1) is 0 Å². The van der Waals surface area contributed by atoms with Crippen molar-refractivity contribution in [1.29, 1.82) is 0 Å². The lowest BCUT2D eigenvalue weighted by molar-refractivity contribution is -0.0194. The minimum absolute atomic E-state index is 0.0950. The van der Waals surface area contributed by atoms with E-state index in [9.17, 15) is 10.2 Å². The highest BCUT2D eigenvalue weighted by molar-refractivity contribution is 5.29. The molecule has 32 heavy (non-hydrogen) atoms. The fraction of sp³-hybridized carbons (Fsp3) is 0.429. The monoisotopic (exact) mass is 433 g/mol. The van der Waals surface area contributed by atoms with E-state index in [1.165, 1.54) is 0 Å². The van der Waals surface area contributed by atoms with Crippen LogP contribution < -0.4 is 0 Å². The van der Waals surface area contributed by atoms with E-state index in [1.807, 2.05) is 48.6 Å². The van der Waals surface area contributed by atoms with Gasteiger partial charge in [-0.3, -0.25) is 4.90 Å². The zero-order valence-electron chi connectivity index (χ0n) is 18.7. The lowest BCUT2D eigenvalue weighted by Crippen LogP contribution is -2.47. The number of benzene rings is 2. The summed E-state index contributed by atoms with van der Waals surface area (Å²) in [4.78, 5) is 2.20. The second-order valence-electron chi connectivity index (χ2n) is 9.02. The summed E-state index contributed by atoms with van der Waals surface area (Å²) in [6.45, 7) is 2.76. The first kappa shape index (κ1) is 22.9. The van der Waals surface area contributed by atoms with Gasteiger partial charge in [0.1, 0.15) is 6.10 Å². The molecule has 2 N–H and O–H groups in total. The molecule has 4 atom stereocenters. The Bertz CT molecular complexity index is 827. The van der Waals surface area contributed by atoms with E-state index in [0.29, 0.717) is 19.7 Å². The number of likely N-dealkylation sites (tertiary alicyclic amines) is 1. The Kier molecular flexibility index (Phi) is 8.30. The Balaban J connectivity index is 1.26. The molecule has 2 unspecified atom stereocenters. The fourth-order valence-electron chi connectivity index (χ4n) is 4.81. The van der Waals surface area contributed by atoms with Gasteiger partial charge >= 0.3 is 0 Å². The van der Waals surface area contributed by atoms with E-state index < -0.39 is 0 Å². The summed E-state index contributed by atoms with van der Waals surface area (Å²) in [7, 11) is 0. The minimum atomic E-state index is -0.388. The van der Waals surface area contributed by atoms with Crippen molar-refractivity contribution in [2.75, 3.05) is 26.2 Å². The highest BCUT2D eigenvalue weighted by Gasteiger charge is 2.30. The molecule has 4 rings (SSSR count). The van der Waals surface area contributed by atoms with Crippen LogP contribution in [0.4, 0.5) is 0 Å². The zero-order chi connectivity index (χ0) is 22.2. The Morgan fingerprint density at radius 3 is 2.25 bits per heavy atom. The SMILES string of the molecule is OC1CN(C[C@@H](O)C2C=CC=CC2)CC[C@H]1CCOC(c1ccccc1)c1ccccc1. The van der Waals surface area contributed by atoms with Gasteiger partial charge in [0.15, 0.2) is 0 Å². The molecular weight excluding hydrogens is 398 g/mol. The summed E-state index contributed by atoms with van der Waals surface area (Å²) >= 11 is 0. The quantitative estimate of drug-likeness (QED) is 0.617. The number of hydrogen-bond acceptors (Lipinski definition) is 4. The van der Waals surface area contributed by atoms with Crippen LogP contribution in [0.15, 0.2) is 85.0 Å². The number of aliphatic hydroxyl groups is 2. The first-order chi connectivity index (χ1) is 15.7. The van der Waals surface area contributed by atoms with E-state index in [1.54, 1.807) is 0 Å². The molecule has 4 nitrogen and oxygen atoms in total. The lowest BCUT2D eigenvalue weighted by Gasteiger charge is -2.38. The molecule has 2 aliphatic rings. The van der Waals surface area contributed by atoms with Crippen molar-refractivity contribution in [2.45, 2.75) is 37.6 Å². The Morgan fingerprint density at radius 1 is 0.969 bits per heavy atom. The second-order valence-corrected chi connectivity index (χ2v) is 9.02. The van der Waals surface area contributed by atoms with Crippen molar-refractivity contribution in [3.63, 3.8) is 0 Å². The molecule has 0 amide bonds. The van der Waals surface area contributed by atoms with Crippen molar-refractivity contribution in [3.05, 3.63) is 96.1 Å². The molecule has 2 aromatic carbocycles. The predicted octanol–water partition coefficient (Wildman–Crippen LogP) is 4.36. The molecule has 0 radical (unpaired) electrons. The van der Waals surface area contributed by atoms with Crippen LogP contribution in [0, 0.1) is 11.8 Å². The van der Waals surface area contributed by atoms with Gasteiger partial charge in [-0.1, -0.05) is 85.0 Å². The number of rotatable bonds is 9. The summed E-state index contributed by atoms with van der Waals surface area (Å²) in [6.07, 6.45) is 10.0. The van der Waals surface area contributed by atoms with E-state index in [0.717, 1.165) is 36.9 Å². The number of hydrogen-bond donors (Lipinski definition) is 2. The van der Waals surface area contributed by atoms with E-state index in [-0.39, 0.29) is 30.1 Å². The van der Waals surface area contributed by atoms with Gasteiger partial charge in [0.2, 0.25) is 0 Å². The molecule has 170 valence electrons. The molecule has 1 aliphatic heterocycles. The Hall–Kier alpha value is -2.24. The van der Waals surface area contributed by atoms with Gasteiger partial charge in [-0.25, -0.2) is 0 Å². The summed E-state index contributed by atoms with van der Waals surface area (Å²) < 4.78 is 6.36. The molecule has 1 aliphatic carbocycles. The fourth-order valence-corrected chi connectivity index (χ4v) is 4.81. The Morgan fingerprint density at radius 2 is 1.66 bits per heavy atom. The molecule has 0 bridgehead atoms. The average molecular weight is 434 g/mol. The van der Waals surface area contributed by atoms with E-state index in [4.69, 9.17) is 4.74 Å². The topological polar surface area (TPSA) is 52.9 Å². The summed E-state index contributed by atoms with van der Waals surface area (Å²) in [5, 5.41) is 21.3. The molecule has 1 fully saturated rings. The predicted molar refractivity (Wildman–Crippen MR) is 128 cm³/mol. The van der Waals surface area contributed by atoms with Crippen LogP contribution in [0.2, 0.25) is 0 Å². The van der Waals surface area contributed by atoms with Crippen LogP contribution in [-0.4, -0.2) is 53.6 Å². The van der Waals surface area contributed by atoms with E-state index >= 15 is 0 Å². The number of nitrogens with zero attached hydrogens (tertiary/aromatic N) is 1. The molecule has 0 spiro atoms. The third kappa shape index (κ3) is 6.17. The third-order valence-corrected chi connectivity index (χ3v) is 6.74. The van der Waals surface area contributed by atoms with Gasteiger partial charge in [0, 0.05) is 25.6 Å². The van der Waals surface area contributed by atoms with Gasteiger partial charge < -0.3 is 14.9 Å². The first-order valence-electron chi connectivity index (χ1n) is 11.8. The third-order valence-electron chi connectivity index (χ3n) is 6.74. The van der Waals surface area contributed by atoms with Crippen LogP contribution in [0.25, 0.3) is 0 Å². The van der Waals surface area contributed by atoms with Crippen LogP contribution in [-0.2, 0) is 4.74 Å². The van der Waals surface area contributed by atoms with Crippen molar-refractivity contribution in [1.82, 2.24) is 4.90 Å². The van der Waals surface area contributed by atoms with Crippen molar-refractivity contribution in [3.8, 4) is 0 Å². The molecule has 4 heteroatoms. The molecular formula is C28H35NO3. The molecule has 0 aromatic heterocycles. The maximum atomic E-state index is 10.8. The molecule has 2 aromatic rings. The highest BCUT2D eigenvalue weighted by Crippen LogP contribution is 2.28. The summed E-state index contributed by atoms with van der Waals surface area (Å²) in [5.41, 5.74) is 2.30. The van der Waals surface area contributed by atoms with Crippen molar-refractivity contribution >= 4 is 0 Å². The zero-order valence-corrected chi connectivity index (χ0v) is 18.7. The maximum Gasteiger partial charge on any atom is 0.108 e. The highest BCUT2D eigenvalue weighted by atomic mass is 16.5. The lowest BCUT2D eigenvalue weighted by atomic mass is 9.89. The first-order valence-corrected chi connectivity index (χ1v) is 11.8. The van der Waals surface area contributed by atoms with Crippen molar-refractivity contribution in [2.24, 2.45) is 11.8 Å².